The van der Waals surface area contributed by atoms with Crippen LogP contribution in [0.25, 0.3) is 0 Å². The smallest absolute Gasteiger partial charge is 0.263 e. The topological polar surface area (TPSA) is 97.4 Å². The summed E-state index contributed by atoms with van der Waals surface area (Å²) in [7, 11) is -2.22. The van der Waals surface area contributed by atoms with Crippen LogP contribution in [0.4, 0.5) is 5.13 Å². The van der Waals surface area contributed by atoms with Gasteiger partial charge in [0, 0.05) is 18.3 Å². The quantitative estimate of drug-likeness (QED) is 0.525. The average molecular weight is 446 g/mol. The number of hydrogen-bond acceptors (Lipinski definition) is 6. The third-order valence-corrected chi connectivity index (χ3v) is 6.65. The first-order valence-corrected chi connectivity index (χ1v) is 11.7. The summed E-state index contributed by atoms with van der Waals surface area (Å²) in [5.74, 6) is 0.495. The maximum Gasteiger partial charge on any atom is 0.263 e. The zero-order chi connectivity index (χ0) is 21.6. The van der Waals surface area contributed by atoms with Crippen LogP contribution in [0.15, 0.2) is 58.8 Å². The number of benzene rings is 2. The first kappa shape index (κ1) is 21.8. The minimum atomic E-state index is -3.74. The van der Waals surface area contributed by atoms with E-state index in [-0.39, 0.29) is 22.4 Å². The lowest BCUT2D eigenvalue weighted by molar-refractivity contribution is -0.121. The predicted molar refractivity (Wildman–Crippen MR) is 117 cm³/mol. The Kier molecular flexibility index (Phi) is 7.07. The van der Waals surface area contributed by atoms with Gasteiger partial charge in [-0.2, -0.15) is 0 Å². The van der Waals surface area contributed by atoms with Crippen molar-refractivity contribution in [2.75, 3.05) is 11.8 Å². The van der Waals surface area contributed by atoms with Crippen LogP contribution in [0.2, 0.25) is 0 Å². The number of hydrogen-bond donors (Lipinski definition) is 2. The van der Waals surface area contributed by atoms with Crippen LogP contribution in [0.1, 0.15) is 23.2 Å². The summed E-state index contributed by atoms with van der Waals surface area (Å²) in [4.78, 5) is 16.5. The van der Waals surface area contributed by atoms with Gasteiger partial charge < -0.3 is 10.1 Å². The Hall–Kier alpha value is -2.91. The minimum absolute atomic E-state index is 0.0797. The fraction of sp³-hybridized carbons (Fsp3) is 0.238. The minimum Gasteiger partial charge on any atom is -0.497 e. The number of nitrogens with one attached hydrogen (secondary N) is 2. The molecule has 0 atom stereocenters. The van der Waals surface area contributed by atoms with Crippen molar-refractivity contribution in [3.63, 3.8) is 0 Å². The third-order valence-electron chi connectivity index (χ3n) is 4.36. The van der Waals surface area contributed by atoms with Crippen LogP contribution >= 0.6 is 11.3 Å². The highest BCUT2D eigenvalue weighted by Gasteiger charge is 2.16. The van der Waals surface area contributed by atoms with Gasteiger partial charge in [-0.05, 0) is 43.2 Å². The number of thiazole rings is 1. The summed E-state index contributed by atoms with van der Waals surface area (Å²) >= 11 is 1.18. The molecule has 1 amide bonds. The molecule has 0 spiro atoms. The summed E-state index contributed by atoms with van der Waals surface area (Å²) in [5, 5.41) is 4.89. The molecule has 0 saturated heterocycles. The van der Waals surface area contributed by atoms with Crippen molar-refractivity contribution in [1.29, 1.82) is 0 Å². The fourth-order valence-corrected chi connectivity index (χ4v) is 4.63. The number of methoxy groups -OCH3 is 1. The van der Waals surface area contributed by atoms with Gasteiger partial charge in [-0.3, -0.25) is 9.52 Å². The molecule has 1 heterocycles. The van der Waals surface area contributed by atoms with Gasteiger partial charge in [0.25, 0.3) is 10.0 Å². The van der Waals surface area contributed by atoms with Crippen molar-refractivity contribution in [3.8, 4) is 5.75 Å². The molecule has 0 aliphatic rings. The second-order valence-electron chi connectivity index (χ2n) is 6.69. The molecule has 2 aromatic carbocycles. The molecule has 0 fully saturated rings. The van der Waals surface area contributed by atoms with E-state index in [4.69, 9.17) is 4.74 Å². The molecule has 0 saturated carbocycles. The molecular weight excluding hydrogens is 422 g/mol. The molecular formula is C21H23N3O4S2. The summed E-state index contributed by atoms with van der Waals surface area (Å²) in [6.45, 7) is 2.49. The van der Waals surface area contributed by atoms with Crippen LogP contribution < -0.4 is 14.8 Å². The molecule has 0 aliphatic carbocycles. The molecule has 2 N–H and O–H groups in total. The van der Waals surface area contributed by atoms with Gasteiger partial charge in [-0.25, -0.2) is 13.4 Å². The molecule has 158 valence electrons. The van der Waals surface area contributed by atoms with E-state index in [1.54, 1.807) is 17.5 Å². The van der Waals surface area contributed by atoms with E-state index >= 15 is 0 Å². The summed E-state index contributed by atoms with van der Waals surface area (Å²) < 4.78 is 32.4. The highest BCUT2D eigenvalue weighted by molar-refractivity contribution is 7.93. The number of rotatable bonds is 9. The fourth-order valence-electron chi connectivity index (χ4n) is 2.63. The molecule has 0 unspecified atom stereocenters. The first-order valence-electron chi connectivity index (χ1n) is 9.29. The number of anilines is 1. The van der Waals surface area contributed by atoms with Crippen LogP contribution in [0, 0.1) is 6.92 Å². The number of nitrogens with zero attached hydrogens (tertiary/aromatic N) is 1. The Morgan fingerprint density at radius 2 is 1.80 bits per heavy atom. The van der Waals surface area contributed by atoms with Gasteiger partial charge in [-0.15, -0.1) is 11.3 Å². The third kappa shape index (κ3) is 6.04. The Balaban J connectivity index is 1.50. The molecule has 7 nitrogen and oxygen atoms in total. The highest BCUT2D eigenvalue weighted by atomic mass is 32.2. The van der Waals surface area contributed by atoms with Crippen LogP contribution in [0.3, 0.4) is 0 Å². The Morgan fingerprint density at radius 3 is 2.47 bits per heavy atom. The van der Waals surface area contributed by atoms with Gasteiger partial charge in [0.1, 0.15) is 5.75 Å². The normalized spacial score (nSPS) is 11.1. The van der Waals surface area contributed by atoms with Gasteiger partial charge in [0.2, 0.25) is 5.91 Å². The van der Waals surface area contributed by atoms with E-state index in [2.05, 4.69) is 15.0 Å². The standard InChI is InChI=1S/C21H23N3O4S2/c1-15-3-5-16(6-4-15)13-22-20(25)12-7-17-14-29-21(23-17)24-30(26,27)19-10-8-18(28-2)9-11-19/h3-6,8-11,14H,7,12-13H2,1-2H3,(H,22,25)(H,23,24). The molecule has 9 heteroatoms. The number of ether oxygens (including phenoxy) is 1. The Morgan fingerprint density at radius 1 is 1.10 bits per heavy atom. The molecule has 3 aromatic rings. The van der Waals surface area contributed by atoms with Gasteiger partial charge in [-0.1, -0.05) is 29.8 Å². The zero-order valence-electron chi connectivity index (χ0n) is 16.7. The number of aryl methyl sites for hydroxylation is 2. The molecule has 0 radical (unpaired) electrons. The van der Waals surface area contributed by atoms with Crippen molar-refractivity contribution in [1.82, 2.24) is 10.3 Å². The summed E-state index contributed by atoms with van der Waals surface area (Å²) in [5.41, 5.74) is 2.88. The molecule has 1 aromatic heterocycles. The first-order chi connectivity index (χ1) is 14.4. The van der Waals surface area contributed by atoms with E-state index in [0.717, 1.165) is 5.56 Å². The number of aromatic nitrogens is 1. The summed E-state index contributed by atoms with van der Waals surface area (Å²) in [6.07, 6.45) is 0.709. The van der Waals surface area contributed by atoms with Crippen molar-refractivity contribution < 1.29 is 17.9 Å². The van der Waals surface area contributed by atoms with Crippen LogP contribution in [0.5, 0.6) is 5.75 Å². The summed E-state index contributed by atoms with van der Waals surface area (Å²) in [6, 6.07) is 14.1. The molecule has 3 rings (SSSR count). The maximum atomic E-state index is 12.5. The number of carbonyl (C=O) groups is 1. The molecule has 30 heavy (non-hydrogen) atoms. The van der Waals surface area contributed by atoms with Gasteiger partial charge in [0.15, 0.2) is 5.13 Å². The predicted octanol–water partition coefficient (Wildman–Crippen LogP) is 3.51. The molecule has 0 bridgehead atoms. The SMILES string of the molecule is COc1ccc(S(=O)(=O)Nc2nc(CCC(=O)NCc3ccc(C)cc3)cs2)cc1. The Bertz CT molecular complexity index is 1090. The largest absolute Gasteiger partial charge is 0.497 e. The Labute approximate surface area is 180 Å². The number of sulfonamides is 1. The lowest BCUT2D eigenvalue weighted by Gasteiger charge is -2.06. The van der Waals surface area contributed by atoms with E-state index < -0.39 is 10.0 Å². The van der Waals surface area contributed by atoms with Gasteiger partial charge >= 0.3 is 0 Å². The van der Waals surface area contributed by atoms with Crippen LogP contribution in [-0.4, -0.2) is 26.4 Å². The van der Waals surface area contributed by atoms with Gasteiger partial charge in [0.05, 0.1) is 17.7 Å². The van der Waals surface area contributed by atoms with Crippen LogP contribution in [-0.2, 0) is 27.8 Å². The highest BCUT2D eigenvalue weighted by Crippen LogP contribution is 2.22. The molecule has 0 aliphatic heterocycles. The average Bonchev–Trinajstić information content (AvgIpc) is 3.18. The number of carbonyl (C=O) groups excluding carboxylic acids is 1. The zero-order valence-corrected chi connectivity index (χ0v) is 18.3. The second-order valence-corrected chi connectivity index (χ2v) is 9.23. The number of amides is 1. The lowest BCUT2D eigenvalue weighted by atomic mass is 10.1. The van der Waals surface area contributed by atoms with Crippen molar-refractivity contribution in [3.05, 3.63) is 70.7 Å². The van der Waals surface area contributed by atoms with E-state index in [0.29, 0.717) is 24.4 Å². The van der Waals surface area contributed by atoms with Crippen molar-refractivity contribution in [2.24, 2.45) is 0 Å². The second kappa shape index (κ2) is 9.73. The maximum absolute atomic E-state index is 12.5. The van der Waals surface area contributed by atoms with E-state index in [9.17, 15) is 13.2 Å². The van der Waals surface area contributed by atoms with Crippen molar-refractivity contribution >= 4 is 32.4 Å². The van der Waals surface area contributed by atoms with E-state index in [1.165, 1.54) is 36.1 Å². The monoisotopic (exact) mass is 445 g/mol. The van der Waals surface area contributed by atoms with E-state index in [1.807, 2.05) is 31.2 Å². The lowest BCUT2D eigenvalue weighted by Crippen LogP contribution is -2.23. The van der Waals surface area contributed by atoms with Crippen molar-refractivity contribution in [2.45, 2.75) is 31.2 Å².